The molecule has 0 saturated heterocycles. The van der Waals surface area contributed by atoms with Gasteiger partial charge in [0.05, 0.1) is 0 Å². The minimum absolute atomic E-state index is 0.365. The van der Waals surface area contributed by atoms with E-state index in [-0.39, 0.29) is 0 Å². The second-order valence-corrected chi connectivity index (χ2v) is 17.9. The van der Waals surface area contributed by atoms with Gasteiger partial charge in [0.15, 0.2) is 0 Å². The molecule has 0 heterocycles. The molecule has 0 aromatic heterocycles. The van der Waals surface area contributed by atoms with Gasteiger partial charge < -0.3 is 0 Å². The summed E-state index contributed by atoms with van der Waals surface area (Å²) < 4.78 is 2.49. The fraction of sp³-hybridized carbons (Fsp3) is 0.341. The first kappa shape index (κ1) is 36.2. The van der Waals surface area contributed by atoms with E-state index < -0.39 is 22.6 Å². The molecular formula is C41H51ClGeN2P+. The van der Waals surface area contributed by atoms with E-state index in [1.807, 2.05) is 0 Å². The number of hydrogen-bond donors (Lipinski definition) is 0. The van der Waals surface area contributed by atoms with Gasteiger partial charge in [-0.05, 0) is 0 Å². The molecule has 2 nitrogen and oxygen atoms in total. The minimum atomic E-state index is -1.48. The fourth-order valence-corrected chi connectivity index (χ4v) is 11.7. The fourth-order valence-electron chi connectivity index (χ4n) is 6.31. The Labute approximate surface area is 291 Å². The molecule has 2 radical (unpaired) electrons. The molecule has 0 spiro atoms. The molecule has 0 fully saturated rings. The number of hydrogen-bond acceptors (Lipinski definition) is 2. The van der Waals surface area contributed by atoms with Gasteiger partial charge in [-0.15, -0.1) is 0 Å². The van der Waals surface area contributed by atoms with Crippen LogP contribution < -0.4 is 14.5 Å². The molecule has 0 aliphatic carbocycles. The standard InChI is InChI=1S/C41H50ClGeN2P/c1-27(2)35-23-17-24-36(28(3)4)39(35)44-31(9)41(46(33-19-13-11-14-20-33)34-21-15-12-16-22-34)32(10)45(43-42)40-37(29(5)6)25-18-26-38(40)30(7)8/h11-30H,1-10H3/p+1/b41-32-,44-31?. The Bertz CT molecular complexity index is 1570. The second kappa shape index (κ2) is 16.5. The molecule has 0 atom stereocenters. The van der Waals surface area contributed by atoms with Gasteiger partial charge in [0, 0.05) is 0 Å². The Hall–Kier alpha value is -2.65. The molecule has 0 N–H and O–H groups in total. The summed E-state index contributed by atoms with van der Waals surface area (Å²) in [6.45, 7) is 22.8. The molecule has 0 aliphatic rings. The van der Waals surface area contributed by atoms with E-state index in [4.69, 9.17) is 15.0 Å². The van der Waals surface area contributed by atoms with Crippen LogP contribution in [0.1, 0.15) is 115 Å². The summed E-state index contributed by atoms with van der Waals surface area (Å²) in [4.78, 5) is 5.65. The molecule has 46 heavy (non-hydrogen) atoms. The van der Waals surface area contributed by atoms with Crippen molar-refractivity contribution in [2.75, 3.05) is 3.86 Å². The predicted octanol–water partition coefficient (Wildman–Crippen LogP) is 11.6. The van der Waals surface area contributed by atoms with Crippen molar-refractivity contribution in [3.63, 3.8) is 0 Å². The van der Waals surface area contributed by atoms with Crippen LogP contribution in [-0.2, 0) is 0 Å². The van der Waals surface area contributed by atoms with Crippen LogP contribution in [0.3, 0.4) is 0 Å². The Morgan fingerprint density at radius 1 is 0.587 bits per heavy atom. The quantitative estimate of drug-likeness (QED) is 0.0812. The van der Waals surface area contributed by atoms with E-state index in [0.29, 0.717) is 23.7 Å². The van der Waals surface area contributed by atoms with Gasteiger partial charge >= 0.3 is 292 Å². The van der Waals surface area contributed by atoms with Gasteiger partial charge in [-0.2, -0.15) is 0 Å². The van der Waals surface area contributed by atoms with Crippen molar-refractivity contribution in [1.82, 2.24) is 0 Å². The Morgan fingerprint density at radius 2 is 0.978 bits per heavy atom. The van der Waals surface area contributed by atoms with Gasteiger partial charge in [-0.1, -0.05) is 0 Å². The number of benzene rings is 4. The van der Waals surface area contributed by atoms with Crippen molar-refractivity contribution >= 4 is 60.4 Å². The van der Waals surface area contributed by atoms with Gasteiger partial charge in [0.25, 0.3) is 0 Å². The van der Waals surface area contributed by atoms with Crippen molar-refractivity contribution in [1.29, 1.82) is 0 Å². The number of allylic oxidation sites excluding steroid dienone is 2. The van der Waals surface area contributed by atoms with Crippen LogP contribution in [0.15, 0.2) is 113 Å². The summed E-state index contributed by atoms with van der Waals surface area (Å²) in [6.07, 6.45) is 0. The van der Waals surface area contributed by atoms with E-state index in [0.717, 1.165) is 11.4 Å². The van der Waals surface area contributed by atoms with Crippen LogP contribution in [0.4, 0.5) is 11.4 Å². The number of nitrogens with zero attached hydrogens (tertiary/aromatic N) is 2. The molecule has 4 rings (SSSR count). The van der Waals surface area contributed by atoms with E-state index in [9.17, 15) is 0 Å². The number of anilines is 1. The van der Waals surface area contributed by atoms with Crippen molar-refractivity contribution in [2.24, 2.45) is 4.99 Å². The zero-order valence-electron chi connectivity index (χ0n) is 29.3. The van der Waals surface area contributed by atoms with Crippen molar-refractivity contribution < 1.29 is 0 Å². The zero-order valence-corrected chi connectivity index (χ0v) is 33.2. The number of halogens is 1. The van der Waals surface area contributed by atoms with E-state index in [2.05, 4.69) is 170 Å². The maximum absolute atomic E-state index is 7.18. The monoisotopic (exact) mass is 711 g/mol. The van der Waals surface area contributed by atoms with Crippen LogP contribution in [0.25, 0.3) is 0 Å². The van der Waals surface area contributed by atoms with Crippen molar-refractivity contribution in [3.05, 3.63) is 130 Å². The SMILES string of the molecule is CC(=Nc1c(C(C)C)cccc1C(C)C)/C(=C(\C)[N]([Ge][Cl])c1c(C(C)C)cccc1C(C)C)[PH+](c1ccccc1)c1ccccc1. The average molecular weight is 711 g/mol. The Morgan fingerprint density at radius 3 is 1.35 bits per heavy atom. The summed E-state index contributed by atoms with van der Waals surface area (Å²) in [7, 11) is 5.70. The first-order valence-electron chi connectivity index (χ1n) is 16.6. The van der Waals surface area contributed by atoms with Gasteiger partial charge in [-0.3, -0.25) is 0 Å². The Balaban J connectivity index is 2.15. The van der Waals surface area contributed by atoms with Crippen LogP contribution in [-0.4, -0.2) is 20.4 Å². The third-order valence-corrected chi connectivity index (χ3v) is 14.2. The van der Waals surface area contributed by atoms with Crippen LogP contribution in [0.5, 0.6) is 0 Å². The summed E-state index contributed by atoms with van der Waals surface area (Å²) in [5.41, 5.74) is 10.0. The molecule has 0 unspecified atom stereocenters. The molecule has 0 aliphatic heterocycles. The molecule has 0 saturated carbocycles. The van der Waals surface area contributed by atoms with Gasteiger partial charge in [0.1, 0.15) is 0 Å². The molecule has 5 heteroatoms. The second-order valence-electron chi connectivity index (χ2n) is 13.4. The summed E-state index contributed by atoms with van der Waals surface area (Å²) in [5, 5.41) is 4.01. The van der Waals surface area contributed by atoms with Crippen molar-refractivity contribution in [2.45, 2.75) is 92.9 Å². The normalized spacial score (nSPS) is 12.9. The van der Waals surface area contributed by atoms with E-state index >= 15 is 0 Å². The number of rotatable bonds is 12. The Kier molecular flexibility index (Phi) is 12.9. The summed E-state index contributed by atoms with van der Waals surface area (Å²) >= 11 is -1.04. The van der Waals surface area contributed by atoms with E-state index in [1.165, 1.54) is 49.6 Å². The zero-order chi connectivity index (χ0) is 33.5. The number of aliphatic imine (C=N–C) groups is 1. The van der Waals surface area contributed by atoms with Crippen LogP contribution in [0.2, 0.25) is 0 Å². The molecular weight excluding hydrogens is 660 g/mol. The topological polar surface area (TPSA) is 15.6 Å². The summed E-state index contributed by atoms with van der Waals surface area (Å²) in [5.74, 6) is 1.47. The first-order valence-corrected chi connectivity index (χ1v) is 21.8. The van der Waals surface area contributed by atoms with E-state index in [1.54, 1.807) is 0 Å². The number of para-hydroxylation sites is 2. The maximum atomic E-state index is 7.18. The first-order chi connectivity index (χ1) is 22.0. The molecule has 4 aromatic carbocycles. The molecule has 4 aromatic rings. The molecule has 240 valence electrons. The van der Waals surface area contributed by atoms with Gasteiger partial charge in [0.2, 0.25) is 0 Å². The van der Waals surface area contributed by atoms with Crippen LogP contribution in [0, 0.1) is 0 Å². The molecule has 0 amide bonds. The third kappa shape index (κ3) is 8.07. The van der Waals surface area contributed by atoms with Gasteiger partial charge in [-0.25, -0.2) is 0 Å². The van der Waals surface area contributed by atoms with Crippen molar-refractivity contribution in [3.8, 4) is 0 Å². The third-order valence-electron chi connectivity index (χ3n) is 8.71. The molecule has 0 bridgehead atoms. The summed E-state index contributed by atoms with van der Waals surface area (Å²) in [6, 6.07) is 35.6. The average Bonchev–Trinajstić information content (AvgIpc) is 3.04. The van der Waals surface area contributed by atoms with Crippen LogP contribution >= 0.6 is 17.9 Å². The predicted molar refractivity (Wildman–Crippen MR) is 209 cm³/mol.